The van der Waals surface area contributed by atoms with Gasteiger partial charge in [-0.2, -0.15) is 0 Å². The molecule has 2 N–H and O–H groups in total. The second-order valence-electron chi connectivity index (χ2n) is 3.79. The minimum Gasteiger partial charge on any atom is -0.481 e. The molecule has 0 spiro atoms. The van der Waals surface area contributed by atoms with Crippen molar-refractivity contribution in [3.8, 4) is 0 Å². The van der Waals surface area contributed by atoms with Crippen molar-refractivity contribution in [1.82, 2.24) is 0 Å². The highest BCUT2D eigenvalue weighted by molar-refractivity contribution is 7.32. The predicted octanol–water partition coefficient (Wildman–Crippen LogP) is 1.69. The second kappa shape index (κ2) is 6.05. The van der Waals surface area contributed by atoms with Crippen molar-refractivity contribution in [1.29, 1.82) is 0 Å². The summed E-state index contributed by atoms with van der Waals surface area (Å²) in [6.45, 7) is 5.00. The Morgan fingerprint density at radius 2 is 2.13 bits per heavy atom. The van der Waals surface area contributed by atoms with Gasteiger partial charge in [-0.1, -0.05) is 26.0 Å². The molecule has 6 heteroatoms. The Morgan fingerprint density at radius 1 is 1.60 bits per heavy atom. The highest BCUT2D eigenvalue weighted by Crippen LogP contribution is 2.31. The average Bonchev–Trinajstić information content (AvgIpc) is 2.01. The minimum absolute atomic E-state index is 0.263. The summed E-state index contributed by atoms with van der Waals surface area (Å²) in [5.41, 5.74) is -0.613. The summed E-state index contributed by atoms with van der Waals surface area (Å²) in [4.78, 5) is 19.4. The first kappa shape index (κ1) is 14.4. The fraction of sp³-hybridized carbons (Fsp3) is 0.667. The van der Waals surface area contributed by atoms with E-state index in [1.54, 1.807) is 32.9 Å². The molecule has 0 saturated heterocycles. The Balaban J connectivity index is 4.65. The molecule has 0 bridgehead atoms. The number of allylic oxidation sites excluding steroid dienone is 2. The fourth-order valence-electron chi connectivity index (χ4n) is 1.30. The maximum Gasteiger partial charge on any atom is 0.316 e. The second-order valence-corrected chi connectivity index (χ2v) is 4.61. The van der Waals surface area contributed by atoms with Crippen LogP contribution in [0.15, 0.2) is 12.2 Å². The van der Waals surface area contributed by atoms with Crippen molar-refractivity contribution in [2.45, 2.75) is 20.8 Å². The lowest BCUT2D eigenvalue weighted by atomic mass is 9.79. The van der Waals surface area contributed by atoms with E-state index in [0.29, 0.717) is 0 Å². The van der Waals surface area contributed by atoms with Crippen LogP contribution in [0.2, 0.25) is 0 Å². The van der Waals surface area contributed by atoms with E-state index >= 15 is 0 Å². The van der Waals surface area contributed by atoms with Crippen molar-refractivity contribution in [2.75, 3.05) is 6.61 Å². The van der Waals surface area contributed by atoms with Crippen LogP contribution in [0.1, 0.15) is 20.8 Å². The number of hydrogen-bond donors (Lipinski definition) is 2. The molecule has 5 nitrogen and oxygen atoms in total. The average molecular weight is 236 g/mol. The molecule has 0 aromatic heterocycles. The Morgan fingerprint density at radius 3 is 2.47 bits per heavy atom. The maximum atomic E-state index is 10.9. The van der Waals surface area contributed by atoms with Crippen LogP contribution < -0.4 is 0 Å². The smallest absolute Gasteiger partial charge is 0.316 e. The summed E-state index contributed by atoms with van der Waals surface area (Å²) < 4.78 is 14.8. The van der Waals surface area contributed by atoms with Crippen LogP contribution in [0.4, 0.5) is 0 Å². The zero-order valence-electron chi connectivity index (χ0n) is 9.06. The van der Waals surface area contributed by atoms with E-state index in [2.05, 4.69) is 4.52 Å². The summed E-state index contributed by atoms with van der Waals surface area (Å²) in [5, 5.41) is 8.96. The lowest BCUT2D eigenvalue weighted by molar-refractivity contribution is -0.146. The molecule has 0 fully saturated rings. The highest BCUT2D eigenvalue weighted by Gasteiger charge is 2.33. The lowest BCUT2D eigenvalue weighted by Crippen LogP contribution is -2.32. The van der Waals surface area contributed by atoms with Gasteiger partial charge in [-0.3, -0.25) is 9.36 Å². The van der Waals surface area contributed by atoms with Crippen LogP contribution in [-0.4, -0.2) is 22.6 Å². The van der Waals surface area contributed by atoms with Crippen LogP contribution in [0.25, 0.3) is 0 Å². The summed E-state index contributed by atoms with van der Waals surface area (Å²) in [7, 11) is -3.07. The van der Waals surface area contributed by atoms with E-state index in [0.717, 1.165) is 0 Å². The third kappa shape index (κ3) is 5.11. The molecule has 0 aliphatic heterocycles. The van der Waals surface area contributed by atoms with Gasteiger partial charge in [0, 0.05) is 0 Å². The number of hydrogen-bond acceptors (Lipinski definition) is 3. The quantitative estimate of drug-likeness (QED) is 0.541. The molecule has 0 radical (unpaired) electrons. The fourth-order valence-corrected chi connectivity index (χ4v) is 1.61. The molecule has 15 heavy (non-hydrogen) atoms. The van der Waals surface area contributed by atoms with Gasteiger partial charge in [0.15, 0.2) is 0 Å². The summed E-state index contributed by atoms with van der Waals surface area (Å²) in [6.07, 6.45) is 3.49. The summed E-state index contributed by atoms with van der Waals surface area (Å²) in [5.74, 6) is -1.88. The normalized spacial score (nSPS) is 16.5. The Kier molecular flexibility index (Phi) is 5.80. The van der Waals surface area contributed by atoms with Gasteiger partial charge in [-0.15, -0.1) is 0 Å². The van der Waals surface area contributed by atoms with E-state index in [-0.39, 0.29) is 6.61 Å². The van der Waals surface area contributed by atoms with E-state index in [9.17, 15) is 9.36 Å². The number of rotatable bonds is 6. The van der Waals surface area contributed by atoms with Gasteiger partial charge in [0.1, 0.15) is 0 Å². The SMILES string of the molecule is C/C=C\C(C)(C)C(CO[PH](=O)O)C(=O)O. The summed E-state index contributed by atoms with van der Waals surface area (Å²) in [6, 6.07) is 0. The molecule has 2 unspecified atom stereocenters. The van der Waals surface area contributed by atoms with E-state index in [1.807, 2.05) is 0 Å². The summed E-state index contributed by atoms with van der Waals surface area (Å²) >= 11 is 0. The highest BCUT2D eigenvalue weighted by atomic mass is 31.1. The van der Waals surface area contributed by atoms with Crippen LogP contribution in [0.5, 0.6) is 0 Å². The van der Waals surface area contributed by atoms with Gasteiger partial charge in [0.05, 0.1) is 12.5 Å². The first-order valence-corrected chi connectivity index (χ1v) is 5.80. The van der Waals surface area contributed by atoms with Crippen molar-refractivity contribution in [3.05, 3.63) is 12.2 Å². The molecule has 0 aromatic carbocycles. The van der Waals surface area contributed by atoms with E-state index < -0.39 is 25.6 Å². The van der Waals surface area contributed by atoms with Gasteiger partial charge in [-0.05, 0) is 12.3 Å². The zero-order valence-corrected chi connectivity index (χ0v) is 10.1. The minimum atomic E-state index is -3.07. The van der Waals surface area contributed by atoms with Crippen LogP contribution in [0.3, 0.4) is 0 Å². The molecular weight excluding hydrogens is 219 g/mol. The van der Waals surface area contributed by atoms with Crippen molar-refractivity contribution in [3.63, 3.8) is 0 Å². The third-order valence-electron chi connectivity index (χ3n) is 2.17. The maximum absolute atomic E-state index is 10.9. The number of carbonyl (C=O) groups is 1. The first-order valence-electron chi connectivity index (χ1n) is 4.53. The van der Waals surface area contributed by atoms with E-state index in [4.69, 9.17) is 10.00 Å². The van der Waals surface area contributed by atoms with Crippen molar-refractivity contribution >= 4 is 14.2 Å². The standard InChI is InChI=1S/C9H17O5P/c1-4-5-9(2,3)7(8(10)11)6-14-15(12)13/h4-5,7,15H,6H2,1-3H3,(H,10,11)(H,12,13)/b5-4-. The molecule has 88 valence electrons. The van der Waals surface area contributed by atoms with Crippen LogP contribution in [0, 0.1) is 11.3 Å². The number of carboxylic acid groups (broad SMARTS) is 1. The van der Waals surface area contributed by atoms with Gasteiger partial charge >= 0.3 is 14.2 Å². The number of aliphatic carboxylic acids is 1. The van der Waals surface area contributed by atoms with E-state index in [1.165, 1.54) is 0 Å². The Hall–Kier alpha value is -0.640. The molecule has 0 rings (SSSR count). The molecular formula is C9H17O5P. The lowest BCUT2D eigenvalue weighted by Gasteiger charge is -2.27. The van der Waals surface area contributed by atoms with Crippen LogP contribution >= 0.6 is 8.25 Å². The topological polar surface area (TPSA) is 83.8 Å². The third-order valence-corrected chi connectivity index (χ3v) is 2.58. The molecule has 0 aromatic rings. The molecule has 0 aliphatic rings. The van der Waals surface area contributed by atoms with Gasteiger partial charge in [0.2, 0.25) is 0 Å². The van der Waals surface area contributed by atoms with Gasteiger partial charge < -0.3 is 14.5 Å². The van der Waals surface area contributed by atoms with Gasteiger partial charge in [0.25, 0.3) is 0 Å². The van der Waals surface area contributed by atoms with Crippen molar-refractivity contribution < 1.29 is 23.9 Å². The Labute approximate surface area is 89.7 Å². The molecule has 0 amide bonds. The first-order chi connectivity index (χ1) is 6.81. The molecule has 0 aliphatic carbocycles. The number of carboxylic acids is 1. The molecule has 0 saturated carbocycles. The molecule has 0 heterocycles. The van der Waals surface area contributed by atoms with Gasteiger partial charge in [-0.25, -0.2) is 0 Å². The monoisotopic (exact) mass is 236 g/mol. The largest absolute Gasteiger partial charge is 0.481 e. The zero-order chi connectivity index (χ0) is 12.1. The van der Waals surface area contributed by atoms with Crippen molar-refractivity contribution in [2.24, 2.45) is 11.3 Å². The predicted molar refractivity (Wildman–Crippen MR) is 56.9 cm³/mol. The van der Waals surface area contributed by atoms with Crippen LogP contribution in [-0.2, 0) is 13.9 Å². The Bertz CT molecular complexity index is 272. The molecule has 2 atom stereocenters.